The van der Waals surface area contributed by atoms with Crippen LogP contribution in [0.2, 0.25) is 0 Å². The Labute approximate surface area is 114 Å². The van der Waals surface area contributed by atoms with E-state index in [1.54, 1.807) is 0 Å². The van der Waals surface area contributed by atoms with Crippen LogP contribution in [0, 0.1) is 0 Å². The summed E-state index contributed by atoms with van der Waals surface area (Å²) in [6, 6.07) is 6.32. The van der Waals surface area contributed by atoms with E-state index in [0.29, 0.717) is 18.8 Å². The van der Waals surface area contributed by atoms with Gasteiger partial charge >= 0.3 is 0 Å². The molecule has 1 aliphatic heterocycles. The van der Waals surface area contributed by atoms with Crippen molar-refractivity contribution < 1.29 is 14.6 Å². The molecule has 0 aromatic heterocycles. The minimum absolute atomic E-state index is 0.00493. The van der Waals surface area contributed by atoms with Crippen LogP contribution in [-0.4, -0.2) is 30.5 Å². The topological polar surface area (TPSA) is 50.7 Å². The zero-order valence-corrected chi connectivity index (χ0v) is 11.7. The van der Waals surface area contributed by atoms with Gasteiger partial charge in [0, 0.05) is 23.9 Å². The molecule has 1 aliphatic rings. The zero-order chi connectivity index (χ0) is 13.7. The standard InChI is InChI=1S/C15H23NO3/c1-3-18-15-5-4-13(9-12(15)10-17)16-14-6-7-19-11(2)8-14/h4-5,9,11,14,16-17H,3,6-8,10H2,1-2H3. The van der Waals surface area contributed by atoms with Gasteiger partial charge in [-0.3, -0.25) is 0 Å². The lowest BCUT2D eigenvalue weighted by atomic mass is 10.0. The molecule has 4 nitrogen and oxygen atoms in total. The second-order valence-electron chi connectivity index (χ2n) is 4.96. The summed E-state index contributed by atoms with van der Waals surface area (Å²) in [6.45, 7) is 5.46. The van der Waals surface area contributed by atoms with E-state index in [-0.39, 0.29) is 6.61 Å². The highest BCUT2D eigenvalue weighted by atomic mass is 16.5. The maximum absolute atomic E-state index is 9.39. The van der Waals surface area contributed by atoms with E-state index in [4.69, 9.17) is 9.47 Å². The van der Waals surface area contributed by atoms with Crippen LogP contribution in [0.4, 0.5) is 5.69 Å². The third kappa shape index (κ3) is 3.85. The molecule has 1 aromatic carbocycles. The number of hydrogen-bond donors (Lipinski definition) is 2. The molecule has 4 heteroatoms. The van der Waals surface area contributed by atoms with Crippen LogP contribution in [0.5, 0.6) is 5.75 Å². The predicted octanol–water partition coefficient (Wildman–Crippen LogP) is 2.56. The van der Waals surface area contributed by atoms with Crippen molar-refractivity contribution in [1.29, 1.82) is 0 Å². The van der Waals surface area contributed by atoms with Crippen LogP contribution in [0.25, 0.3) is 0 Å². The van der Waals surface area contributed by atoms with Crippen LogP contribution in [-0.2, 0) is 11.3 Å². The summed E-state index contributed by atoms with van der Waals surface area (Å²) < 4.78 is 11.0. The molecule has 2 unspecified atom stereocenters. The Morgan fingerprint density at radius 1 is 1.47 bits per heavy atom. The van der Waals surface area contributed by atoms with E-state index >= 15 is 0 Å². The van der Waals surface area contributed by atoms with Crippen molar-refractivity contribution in [3.8, 4) is 5.75 Å². The van der Waals surface area contributed by atoms with Crippen molar-refractivity contribution in [3.05, 3.63) is 23.8 Å². The summed E-state index contributed by atoms with van der Waals surface area (Å²) in [6.07, 6.45) is 2.35. The number of aliphatic hydroxyl groups is 1. The predicted molar refractivity (Wildman–Crippen MR) is 75.6 cm³/mol. The normalized spacial score (nSPS) is 23.1. The molecule has 1 saturated heterocycles. The summed E-state index contributed by atoms with van der Waals surface area (Å²) >= 11 is 0. The third-order valence-corrected chi connectivity index (χ3v) is 3.39. The Bertz CT molecular complexity index is 408. The number of ether oxygens (including phenoxy) is 2. The van der Waals surface area contributed by atoms with Gasteiger partial charge in [0.1, 0.15) is 5.75 Å². The van der Waals surface area contributed by atoms with Crippen LogP contribution >= 0.6 is 0 Å². The first-order valence-corrected chi connectivity index (χ1v) is 6.97. The van der Waals surface area contributed by atoms with Gasteiger partial charge in [-0.05, 0) is 44.9 Å². The molecule has 0 amide bonds. The van der Waals surface area contributed by atoms with E-state index in [0.717, 1.165) is 36.4 Å². The maximum atomic E-state index is 9.39. The third-order valence-electron chi connectivity index (χ3n) is 3.39. The van der Waals surface area contributed by atoms with Crippen molar-refractivity contribution >= 4 is 5.69 Å². The summed E-state index contributed by atoms with van der Waals surface area (Å²) in [5.41, 5.74) is 1.86. The number of rotatable bonds is 5. The summed E-state index contributed by atoms with van der Waals surface area (Å²) in [5.74, 6) is 0.760. The first kappa shape index (κ1) is 14.2. The highest BCUT2D eigenvalue weighted by Gasteiger charge is 2.19. The van der Waals surface area contributed by atoms with Gasteiger partial charge in [-0.2, -0.15) is 0 Å². The Morgan fingerprint density at radius 3 is 3.00 bits per heavy atom. The zero-order valence-electron chi connectivity index (χ0n) is 11.7. The number of benzene rings is 1. The quantitative estimate of drug-likeness (QED) is 0.859. The van der Waals surface area contributed by atoms with E-state index in [1.807, 2.05) is 25.1 Å². The van der Waals surface area contributed by atoms with Gasteiger partial charge in [0.05, 0.1) is 19.3 Å². The molecule has 1 fully saturated rings. The Kier molecular flexibility index (Phi) is 5.05. The minimum Gasteiger partial charge on any atom is -0.494 e. The van der Waals surface area contributed by atoms with E-state index in [9.17, 15) is 5.11 Å². The average molecular weight is 265 g/mol. The van der Waals surface area contributed by atoms with Crippen molar-refractivity contribution in [2.24, 2.45) is 0 Å². The fourth-order valence-electron chi connectivity index (χ4n) is 2.45. The highest BCUT2D eigenvalue weighted by molar-refractivity contribution is 5.51. The molecule has 2 atom stereocenters. The number of anilines is 1. The molecule has 2 rings (SSSR count). The van der Waals surface area contributed by atoms with Crippen LogP contribution in [0.1, 0.15) is 32.3 Å². The van der Waals surface area contributed by atoms with E-state index in [1.165, 1.54) is 0 Å². The van der Waals surface area contributed by atoms with Gasteiger partial charge in [0.2, 0.25) is 0 Å². The molecule has 0 spiro atoms. The highest BCUT2D eigenvalue weighted by Crippen LogP contribution is 2.25. The minimum atomic E-state index is -0.00493. The molecular formula is C15H23NO3. The Hall–Kier alpha value is -1.26. The lowest BCUT2D eigenvalue weighted by Gasteiger charge is -2.29. The van der Waals surface area contributed by atoms with Gasteiger partial charge in [-0.25, -0.2) is 0 Å². The number of nitrogens with one attached hydrogen (secondary N) is 1. The molecule has 106 valence electrons. The first-order chi connectivity index (χ1) is 9.22. The van der Waals surface area contributed by atoms with Crippen LogP contribution in [0.15, 0.2) is 18.2 Å². The van der Waals surface area contributed by atoms with Crippen molar-refractivity contribution in [3.63, 3.8) is 0 Å². The van der Waals surface area contributed by atoms with Gasteiger partial charge in [0.15, 0.2) is 0 Å². The molecule has 1 heterocycles. The lowest BCUT2D eigenvalue weighted by Crippen LogP contribution is -2.32. The molecule has 2 N–H and O–H groups in total. The smallest absolute Gasteiger partial charge is 0.124 e. The van der Waals surface area contributed by atoms with Gasteiger partial charge in [-0.1, -0.05) is 0 Å². The molecule has 19 heavy (non-hydrogen) atoms. The van der Waals surface area contributed by atoms with Crippen molar-refractivity contribution in [2.45, 2.75) is 45.4 Å². The monoisotopic (exact) mass is 265 g/mol. The average Bonchev–Trinajstić information content (AvgIpc) is 2.41. The van der Waals surface area contributed by atoms with Crippen molar-refractivity contribution in [2.75, 3.05) is 18.5 Å². The Balaban J connectivity index is 2.04. The van der Waals surface area contributed by atoms with Gasteiger partial charge < -0.3 is 19.9 Å². The largest absolute Gasteiger partial charge is 0.494 e. The second-order valence-corrected chi connectivity index (χ2v) is 4.96. The summed E-state index contributed by atoms with van der Waals surface area (Å²) in [4.78, 5) is 0. The van der Waals surface area contributed by atoms with Crippen LogP contribution < -0.4 is 10.1 Å². The lowest BCUT2D eigenvalue weighted by molar-refractivity contribution is 0.0232. The maximum Gasteiger partial charge on any atom is 0.124 e. The summed E-state index contributed by atoms with van der Waals surface area (Å²) in [5, 5.41) is 12.9. The van der Waals surface area contributed by atoms with Gasteiger partial charge in [-0.15, -0.1) is 0 Å². The number of aliphatic hydroxyl groups excluding tert-OH is 1. The molecule has 0 saturated carbocycles. The fraction of sp³-hybridized carbons (Fsp3) is 0.600. The van der Waals surface area contributed by atoms with E-state index in [2.05, 4.69) is 12.2 Å². The number of hydrogen-bond acceptors (Lipinski definition) is 4. The van der Waals surface area contributed by atoms with E-state index < -0.39 is 0 Å². The van der Waals surface area contributed by atoms with Gasteiger partial charge in [0.25, 0.3) is 0 Å². The van der Waals surface area contributed by atoms with Crippen molar-refractivity contribution in [1.82, 2.24) is 0 Å². The second kappa shape index (κ2) is 6.78. The molecule has 0 bridgehead atoms. The SMILES string of the molecule is CCOc1ccc(NC2CCOC(C)C2)cc1CO. The fourth-order valence-corrected chi connectivity index (χ4v) is 2.45. The molecule has 0 radical (unpaired) electrons. The molecule has 1 aromatic rings. The Morgan fingerprint density at radius 2 is 2.32 bits per heavy atom. The first-order valence-electron chi connectivity index (χ1n) is 6.97. The molecular weight excluding hydrogens is 242 g/mol. The summed E-state index contributed by atoms with van der Waals surface area (Å²) in [7, 11) is 0. The van der Waals surface area contributed by atoms with Crippen LogP contribution in [0.3, 0.4) is 0 Å². The molecule has 0 aliphatic carbocycles.